The van der Waals surface area contributed by atoms with Crippen LogP contribution in [-0.2, 0) is 29.1 Å². The highest BCUT2D eigenvalue weighted by molar-refractivity contribution is 7.91. The first-order chi connectivity index (χ1) is 27.6. The van der Waals surface area contributed by atoms with Crippen molar-refractivity contribution < 1.29 is 46.5 Å². The lowest BCUT2D eigenvalue weighted by Crippen LogP contribution is -2.56. The standard InChI is InChI=1S/C43H56N4O10S/c1-7-26-23-43(26,40(50)47-58(52,53)28-16-17-28)46-39(49)30-20-27-19-29(30)37(48)38(42(3,4)5)45-41(51)57-33-15-10-9-12-24(33)13-11-14-25-18-31-32(21-34(25)54-6)44-36(55-8-2)22-35(31)56-27/h7,11,14,18,21-22,24,26-30,33,38H,1,8-10,12-13,15-17,19-20,23H2,2-6H3,(H,45,51)(H,46,49)(H,47,50)/t24-,26-,27+,29?,30-,33+,38-,43-/m1/s1. The number of carbonyl (C=O) groups excluding carboxylic acids is 4. The van der Waals surface area contributed by atoms with Crippen LogP contribution in [0.15, 0.2) is 36.9 Å². The van der Waals surface area contributed by atoms with E-state index in [1.165, 1.54) is 6.08 Å². The topological polar surface area (TPSA) is 188 Å². The number of nitrogens with one attached hydrogen (secondary N) is 3. The summed E-state index contributed by atoms with van der Waals surface area (Å²) in [6, 6.07) is 4.43. The largest absolute Gasteiger partial charge is 0.496 e. The van der Waals surface area contributed by atoms with Gasteiger partial charge in [-0.2, -0.15) is 0 Å². The molecule has 1 aromatic carbocycles. The number of ether oxygens (including phenoxy) is 4. The number of sulfonamides is 1. The van der Waals surface area contributed by atoms with Crippen LogP contribution in [-0.4, -0.2) is 79.8 Å². The van der Waals surface area contributed by atoms with Gasteiger partial charge in [0.05, 0.1) is 36.4 Å². The third-order valence-corrected chi connectivity index (χ3v) is 14.2. The second-order valence-corrected chi connectivity index (χ2v) is 19.5. The zero-order valence-corrected chi connectivity index (χ0v) is 34.8. The molecule has 15 heteroatoms. The Hall–Kier alpha value is -4.66. The van der Waals surface area contributed by atoms with Crippen LogP contribution in [0.2, 0.25) is 0 Å². The Balaban J connectivity index is 1.28. The van der Waals surface area contributed by atoms with E-state index in [9.17, 15) is 27.6 Å². The molecule has 7 rings (SSSR count). The molecular weight excluding hydrogens is 765 g/mol. The summed E-state index contributed by atoms with van der Waals surface area (Å²) in [5, 5.41) is 5.80. The molecular formula is C43H56N4O10S. The summed E-state index contributed by atoms with van der Waals surface area (Å²) in [5.74, 6) is -2.82. The summed E-state index contributed by atoms with van der Waals surface area (Å²) < 4.78 is 52.3. The van der Waals surface area contributed by atoms with Gasteiger partial charge in [-0.3, -0.25) is 19.1 Å². The molecule has 4 bridgehead atoms. The first-order valence-corrected chi connectivity index (χ1v) is 22.1. The summed E-state index contributed by atoms with van der Waals surface area (Å²) in [7, 11) is -2.32. The summed E-state index contributed by atoms with van der Waals surface area (Å²) in [5.41, 5.74) is -0.967. The quantitative estimate of drug-likeness (QED) is 0.261. The Bertz CT molecular complexity index is 2110. The van der Waals surface area contributed by atoms with Gasteiger partial charge in [-0.05, 0) is 82.1 Å². The van der Waals surface area contributed by atoms with Gasteiger partial charge in [0.25, 0.3) is 5.91 Å². The van der Waals surface area contributed by atoms with Crippen molar-refractivity contribution in [2.24, 2.45) is 29.1 Å². The number of allylic oxidation sites excluding steroid dienone is 1. The number of hydrogen-bond acceptors (Lipinski definition) is 11. The number of benzene rings is 1. The minimum atomic E-state index is -3.91. The van der Waals surface area contributed by atoms with Crippen molar-refractivity contribution in [3.8, 4) is 17.4 Å². The fourth-order valence-corrected chi connectivity index (χ4v) is 10.3. The second kappa shape index (κ2) is 16.2. The molecule has 314 valence electrons. The molecule has 1 unspecified atom stereocenters. The van der Waals surface area contributed by atoms with Crippen LogP contribution in [0.25, 0.3) is 17.0 Å². The Morgan fingerprint density at radius 1 is 1.09 bits per heavy atom. The maximum atomic E-state index is 14.9. The van der Waals surface area contributed by atoms with Crippen molar-refractivity contribution >= 4 is 50.7 Å². The second-order valence-electron chi connectivity index (χ2n) is 17.6. The van der Waals surface area contributed by atoms with Crippen molar-refractivity contribution in [3.05, 3.63) is 42.5 Å². The molecule has 0 radical (unpaired) electrons. The molecule has 4 saturated carbocycles. The normalized spacial score (nSPS) is 30.1. The highest BCUT2D eigenvalue weighted by Gasteiger charge is 2.62. The molecule has 3 N–H and O–H groups in total. The summed E-state index contributed by atoms with van der Waals surface area (Å²) >= 11 is 0. The lowest BCUT2D eigenvalue weighted by molar-refractivity contribution is -0.137. The van der Waals surface area contributed by atoms with E-state index in [0.717, 1.165) is 24.8 Å². The van der Waals surface area contributed by atoms with Crippen LogP contribution < -0.4 is 29.6 Å². The molecule has 0 spiro atoms. The van der Waals surface area contributed by atoms with E-state index < -0.39 is 74.0 Å². The molecule has 58 heavy (non-hydrogen) atoms. The number of fused-ring (bicyclic) bond motifs is 4. The Morgan fingerprint density at radius 3 is 2.52 bits per heavy atom. The number of rotatable bonds is 9. The number of amides is 3. The van der Waals surface area contributed by atoms with E-state index >= 15 is 0 Å². The van der Waals surface area contributed by atoms with Gasteiger partial charge >= 0.3 is 6.09 Å². The van der Waals surface area contributed by atoms with E-state index in [0.29, 0.717) is 60.6 Å². The Morgan fingerprint density at radius 2 is 1.84 bits per heavy atom. The third-order valence-electron chi connectivity index (χ3n) is 12.4. The predicted octanol–water partition coefficient (Wildman–Crippen LogP) is 5.77. The van der Waals surface area contributed by atoms with Gasteiger partial charge in [0.2, 0.25) is 21.8 Å². The SMILES string of the molecule is C=C[C@@H]1C[C@]1(NC(=O)[C@@H]1C[C@@H]2CC1C(=O)[C@H](C(C)(C)C)NC(=O)O[C@H]1CCCC[C@@H]1CC=Cc1cc3c(cc(OCC)nc3cc1OC)O2)C(=O)NS(=O)(=O)C1CC1. The molecule has 5 aliphatic rings. The molecule has 1 aliphatic heterocycles. The first-order valence-electron chi connectivity index (χ1n) is 20.6. The minimum Gasteiger partial charge on any atom is -0.496 e. The maximum Gasteiger partial charge on any atom is 0.408 e. The van der Waals surface area contributed by atoms with Crippen molar-refractivity contribution in [1.29, 1.82) is 0 Å². The minimum absolute atomic E-state index is 0.0634. The number of carbonyl (C=O) groups is 4. The number of methoxy groups -OCH3 is 1. The molecule has 4 aliphatic carbocycles. The molecule has 14 nitrogen and oxygen atoms in total. The van der Waals surface area contributed by atoms with Gasteiger partial charge in [-0.25, -0.2) is 18.2 Å². The Kier molecular flexibility index (Phi) is 11.6. The van der Waals surface area contributed by atoms with Crippen LogP contribution in [0, 0.1) is 29.1 Å². The van der Waals surface area contributed by atoms with Crippen LogP contribution >= 0.6 is 0 Å². The number of hydrogen-bond donors (Lipinski definition) is 3. The zero-order chi connectivity index (χ0) is 41.6. The van der Waals surface area contributed by atoms with Gasteiger partial charge < -0.3 is 29.6 Å². The summed E-state index contributed by atoms with van der Waals surface area (Å²) in [4.78, 5) is 61.5. The van der Waals surface area contributed by atoms with Gasteiger partial charge in [0.1, 0.15) is 29.2 Å². The van der Waals surface area contributed by atoms with Crippen LogP contribution in [0.3, 0.4) is 0 Å². The maximum absolute atomic E-state index is 14.9. The fourth-order valence-electron chi connectivity index (χ4n) is 8.93. The molecule has 2 heterocycles. The van der Waals surface area contributed by atoms with Crippen molar-refractivity contribution in [2.45, 2.75) is 121 Å². The highest BCUT2D eigenvalue weighted by Crippen LogP contribution is 2.47. The number of aromatic nitrogens is 1. The molecule has 2 aromatic rings. The summed E-state index contributed by atoms with van der Waals surface area (Å²) in [6.07, 6.45) is 9.28. The molecule has 1 aromatic heterocycles. The average molecular weight is 821 g/mol. The van der Waals surface area contributed by atoms with Gasteiger partial charge in [0, 0.05) is 34.9 Å². The average Bonchev–Trinajstić information content (AvgIpc) is 4.10. The van der Waals surface area contributed by atoms with Gasteiger partial charge in [-0.15, -0.1) is 6.58 Å². The monoisotopic (exact) mass is 820 g/mol. The third kappa shape index (κ3) is 8.55. The first kappa shape index (κ1) is 41.5. The van der Waals surface area contributed by atoms with E-state index in [1.807, 2.05) is 45.9 Å². The number of nitrogens with zero attached hydrogens (tertiary/aromatic N) is 1. The van der Waals surface area contributed by atoms with Crippen molar-refractivity contribution in [2.75, 3.05) is 13.7 Å². The number of alkyl carbamates (subject to hydrolysis) is 1. The zero-order valence-electron chi connectivity index (χ0n) is 34.0. The molecule has 4 fully saturated rings. The number of ketones is 1. The molecule has 0 saturated heterocycles. The molecule has 8 atom stereocenters. The van der Waals surface area contributed by atoms with Crippen LogP contribution in [0.5, 0.6) is 17.4 Å². The number of pyridine rings is 1. The highest BCUT2D eigenvalue weighted by atomic mass is 32.2. The molecule has 3 amide bonds. The lowest BCUT2D eigenvalue weighted by Gasteiger charge is -2.35. The smallest absolute Gasteiger partial charge is 0.408 e. The van der Waals surface area contributed by atoms with Gasteiger partial charge in [0.15, 0.2) is 5.78 Å². The lowest BCUT2D eigenvalue weighted by atomic mass is 9.77. The van der Waals surface area contributed by atoms with E-state index in [1.54, 1.807) is 13.2 Å². The van der Waals surface area contributed by atoms with E-state index in [2.05, 4.69) is 28.0 Å². The summed E-state index contributed by atoms with van der Waals surface area (Å²) in [6.45, 7) is 11.6. The van der Waals surface area contributed by atoms with Gasteiger partial charge in [-0.1, -0.05) is 45.4 Å². The van der Waals surface area contributed by atoms with Crippen molar-refractivity contribution in [3.63, 3.8) is 0 Å². The van der Waals surface area contributed by atoms with E-state index in [-0.39, 0.29) is 37.1 Å². The van der Waals surface area contributed by atoms with Crippen molar-refractivity contribution in [1.82, 2.24) is 20.3 Å². The van der Waals surface area contributed by atoms with Crippen LogP contribution in [0.4, 0.5) is 4.79 Å². The Labute approximate surface area is 340 Å². The van der Waals surface area contributed by atoms with E-state index in [4.69, 9.17) is 23.9 Å². The predicted molar refractivity (Wildman–Crippen MR) is 217 cm³/mol. The fraction of sp³-hybridized carbons (Fsp3) is 0.605. The number of Topliss-reactive ketones (excluding diaryl/α,β-unsaturated/α-hetero) is 1. The van der Waals surface area contributed by atoms with Crippen LogP contribution in [0.1, 0.15) is 97.5 Å².